The van der Waals surface area contributed by atoms with Crippen molar-refractivity contribution in [2.75, 3.05) is 6.54 Å². The van der Waals surface area contributed by atoms with Gasteiger partial charge in [0.1, 0.15) is 6.10 Å². The van der Waals surface area contributed by atoms with Crippen LogP contribution in [-0.2, 0) is 10.0 Å². The number of hydrogen-bond acceptors (Lipinski definition) is 5. The first-order valence-electron chi connectivity index (χ1n) is 15.8. The van der Waals surface area contributed by atoms with Gasteiger partial charge >= 0.3 is 6.03 Å². The summed E-state index contributed by atoms with van der Waals surface area (Å²) in [5.74, 6) is -3.96. The Hall–Kier alpha value is -1.78. The van der Waals surface area contributed by atoms with E-state index in [0.29, 0.717) is 31.7 Å². The summed E-state index contributed by atoms with van der Waals surface area (Å²) in [5, 5.41) is 24.8. The first kappa shape index (κ1) is 31.6. The molecular weight excluding hydrogens is 562 g/mol. The second kappa shape index (κ2) is 11.3. The Labute approximate surface area is 249 Å². The Kier molecular flexibility index (Phi) is 8.51. The van der Waals surface area contributed by atoms with Gasteiger partial charge in [0, 0.05) is 12.5 Å². The van der Waals surface area contributed by atoms with E-state index in [1.807, 2.05) is 13.8 Å². The Morgan fingerprint density at radius 3 is 2.33 bits per heavy atom. The molecular formula is C32H48F2N2O5S. The van der Waals surface area contributed by atoms with Crippen molar-refractivity contribution in [2.24, 2.45) is 52.3 Å². The highest BCUT2D eigenvalue weighted by atomic mass is 32.2. The van der Waals surface area contributed by atoms with Gasteiger partial charge in [0.05, 0.1) is 11.0 Å². The molecule has 4 unspecified atom stereocenters. The molecule has 4 fully saturated rings. The minimum atomic E-state index is -3.95. The number of carbonyl (C=O) groups excluding carboxylic acids is 1. The van der Waals surface area contributed by atoms with Crippen LogP contribution in [0.1, 0.15) is 79.1 Å². The third-order valence-electron chi connectivity index (χ3n) is 12.4. The zero-order valence-electron chi connectivity index (χ0n) is 25.2. The Balaban J connectivity index is 1.26. The third kappa shape index (κ3) is 5.07. The highest BCUT2D eigenvalue weighted by Gasteiger charge is 2.70. The molecule has 4 aliphatic rings. The molecule has 1 aromatic rings. The molecule has 10 heteroatoms. The molecule has 2 amide bonds. The fourth-order valence-electron chi connectivity index (χ4n) is 10.4. The molecule has 4 aliphatic carbocycles. The molecule has 0 saturated heterocycles. The number of urea groups is 1. The van der Waals surface area contributed by atoms with Crippen LogP contribution in [0.5, 0.6) is 0 Å². The summed E-state index contributed by atoms with van der Waals surface area (Å²) in [4.78, 5) is 12.4. The van der Waals surface area contributed by atoms with Gasteiger partial charge in [0.25, 0.3) is 15.9 Å². The van der Waals surface area contributed by atoms with E-state index >= 15 is 8.78 Å². The maximum absolute atomic E-state index is 15.6. The van der Waals surface area contributed by atoms with E-state index in [0.717, 1.165) is 25.7 Å². The van der Waals surface area contributed by atoms with Crippen LogP contribution in [0.25, 0.3) is 0 Å². The van der Waals surface area contributed by atoms with Gasteiger partial charge in [-0.25, -0.2) is 26.7 Å². The number of hydrogen-bond donors (Lipinski definition) is 4. The number of amides is 2. The van der Waals surface area contributed by atoms with Crippen molar-refractivity contribution in [1.29, 1.82) is 0 Å². The van der Waals surface area contributed by atoms with Crippen LogP contribution in [0.3, 0.4) is 0 Å². The lowest BCUT2D eigenvalue weighted by atomic mass is 9.40. The second-order valence-electron chi connectivity index (χ2n) is 14.2. The van der Waals surface area contributed by atoms with Crippen LogP contribution < -0.4 is 10.0 Å². The molecule has 0 bridgehead atoms. The summed E-state index contributed by atoms with van der Waals surface area (Å²) in [6.07, 6.45) is 3.00. The minimum Gasteiger partial charge on any atom is -0.393 e. The van der Waals surface area contributed by atoms with Crippen molar-refractivity contribution in [2.45, 2.75) is 102 Å². The third-order valence-corrected chi connectivity index (χ3v) is 13.7. The van der Waals surface area contributed by atoms with Crippen LogP contribution in [0.2, 0.25) is 0 Å². The Bertz CT molecular complexity index is 1250. The fourth-order valence-corrected chi connectivity index (χ4v) is 11.4. The van der Waals surface area contributed by atoms with Gasteiger partial charge < -0.3 is 15.5 Å². The lowest BCUT2D eigenvalue weighted by molar-refractivity contribution is -0.286. The first-order valence-corrected chi connectivity index (χ1v) is 17.3. The Morgan fingerprint density at radius 1 is 1.02 bits per heavy atom. The monoisotopic (exact) mass is 610 g/mol. The van der Waals surface area contributed by atoms with Crippen molar-refractivity contribution >= 4 is 16.1 Å². The molecule has 1 aromatic carbocycles. The average Bonchev–Trinajstić information content (AvgIpc) is 3.29. The van der Waals surface area contributed by atoms with Crippen molar-refractivity contribution < 1.29 is 32.2 Å². The van der Waals surface area contributed by atoms with Crippen molar-refractivity contribution in [3.8, 4) is 0 Å². The number of fused-ring (bicyclic) bond motifs is 5. The lowest BCUT2D eigenvalue weighted by Crippen LogP contribution is -2.67. The summed E-state index contributed by atoms with van der Waals surface area (Å²) in [6, 6.07) is 7.00. The highest BCUT2D eigenvalue weighted by molar-refractivity contribution is 7.90. The molecule has 0 spiro atoms. The second-order valence-corrected chi connectivity index (χ2v) is 15.9. The standard InChI is InChI=1S/C32H48F2N2O5S/c1-5-21-27(38)26-23-12-11-22(19(2)15-18-35-29(39)36-42(40,41)20-9-7-6-8-10-20)30(23,3)16-13-24(26)31(4)17-14-25(37)32(33,34)28(21)31/h6-10,19,21-28,37-38H,5,11-18H2,1-4H3,(H2,35,36,39)/t19-,21+,22?,23?,24?,25-,26?,27-,28+,30-,31-/m1/s1. The maximum Gasteiger partial charge on any atom is 0.328 e. The summed E-state index contributed by atoms with van der Waals surface area (Å²) < 4.78 is 58.1. The van der Waals surface area contributed by atoms with Gasteiger partial charge in [-0.05, 0) is 103 Å². The van der Waals surface area contributed by atoms with Gasteiger partial charge in [-0.1, -0.05) is 52.3 Å². The number of halogens is 2. The SMILES string of the molecule is CC[C@@H]1[C@@H]2C(F)(F)[C@H](O)CC[C@]2(C)C2CC[C@@]3(C)C(CCC3[C@H](C)CCNC(=O)NS(=O)(=O)c3ccccc3)C2[C@@H]1O. The van der Waals surface area contributed by atoms with Crippen LogP contribution in [-0.4, -0.2) is 49.3 Å². The van der Waals surface area contributed by atoms with E-state index in [9.17, 15) is 23.4 Å². The molecule has 7 nitrogen and oxygen atoms in total. The summed E-state index contributed by atoms with van der Waals surface area (Å²) >= 11 is 0. The van der Waals surface area contributed by atoms with E-state index < -0.39 is 51.4 Å². The Morgan fingerprint density at radius 2 is 1.67 bits per heavy atom. The number of carbonyl (C=O) groups is 1. The molecule has 11 atom stereocenters. The van der Waals surface area contributed by atoms with E-state index in [1.54, 1.807) is 18.2 Å². The first-order chi connectivity index (χ1) is 19.7. The molecule has 4 saturated carbocycles. The van der Waals surface area contributed by atoms with E-state index in [1.165, 1.54) is 12.1 Å². The smallest absolute Gasteiger partial charge is 0.328 e. The number of sulfonamides is 1. The van der Waals surface area contributed by atoms with Gasteiger partial charge in [-0.2, -0.15) is 0 Å². The number of aliphatic hydroxyl groups excluding tert-OH is 2. The molecule has 0 heterocycles. The summed E-state index contributed by atoms with van der Waals surface area (Å²) in [6.45, 7) is 8.73. The zero-order valence-corrected chi connectivity index (χ0v) is 26.0. The minimum absolute atomic E-state index is 0.00253. The quantitative estimate of drug-likeness (QED) is 0.322. The van der Waals surface area contributed by atoms with Crippen molar-refractivity contribution in [3.05, 3.63) is 30.3 Å². The van der Waals surface area contributed by atoms with Crippen LogP contribution >= 0.6 is 0 Å². The van der Waals surface area contributed by atoms with Gasteiger partial charge in [0.15, 0.2) is 0 Å². The number of rotatable bonds is 7. The number of benzene rings is 1. The predicted octanol–water partition coefficient (Wildman–Crippen LogP) is 5.57. The average molecular weight is 611 g/mol. The molecule has 4 N–H and O–H groups in total. The number of nitrogens with one attached hydrogen (secondary N) is 2. The largest absolute Gasteiger partial charge is 0.393 e. The molecule has 5 rings (SSSR count). The van der Waals surface area contributed by atoms with E-state index in [-0.39, 0.29) is 40.4 Å². The summed E-state index contributed by atoms with van der Waals surface area (Å²) in [7, 11) is -3.95. The maximum atomic E-state index is 15.6. The molecule has 0 aliphatic heterocycles. The summed E-state index contributed by atoms with van der Waals surface area (Å²) in [5.41, 5.74) is -0.658. The van der Waals surface area contributed by atoms with E-state index in [4.69, 9.17) is 0 Å². The molecule has 0 radical (unpaired) electrons. The van der Waals surface area contributed by atoms with Crippen molar-refractivity contribution in [3.63, 3.8) is 0 Å². The fraction of sp³-hybridized carbons (Fsp3) is 0.781. The van der Waals surface area contributed by atoms with Gasteiger partial charge in [-0.15, -0.1) is 0 Å². The van der Waals surface area contributed by atoms with Crippen molar-refractivity contribution in [1.82, 2.24) is 10.0 Å². The predicted molar refractivity (Wildman–Crippen MR) is 156 cm³/mol. The van der Waals surface area contributed by atoms with Crippen LogP contribution in [0.4, 0.5) is 13.6 Å². The topological polar surface area (TPSA) is 116 Å². The normalized spacial score (nSPS) is 41.6. The van der Waals surface area contributed by atoms with E-state index in [2.05, 4.69) is 23.9 Å². The molecule has 236 valence electrons. The molecule has 42 heavy (non-hydrogen) atoms. The van der Waals surface area contributed by atoms with Crippen LogP contribution in [0, 0.1) is 52.3 Å². The highest BCUT2D eigenvalue weighted by Crippen LogP contribution is 2.71. The van der Waals surface area contributed by atoms with Gasteiger partial charge in [-0.3, -0.25) is 0 Å². The van der Waals surface area contributed by atoms with Gasteiger partial charge in [0.2, 0.25) is 0 Å². The number of aliphatic hydroxyl groups is 2. The van der Waals surface area contributed by atoms with Crippen LogP contribution in [0.15, 0.2) is 35.2 Å². The lowest BCUT2D eigenvalue weighted by Gasteiger charge is -2.65. The molecule has 0 aromatic heterocycles. The number of alkyl halides is 2. The zero-order chi connectivity index (χ0) is 30.7.